The van der Waals surface area contributed by atoms with E-state index in [1.165, 1.54) is 35.1 Å². The number of anilines is 1. The number of hydrogen-bond acceptors (Lipinski definition) is 6. The number of fused-ring (bicyclic) bond motifs is 3. The Balaban J connectivity index is 1.41. The van der Waals surface area contributed by atoms with Crippen LogP contribution in [0.1, 0.15) is 65.7 Å². The summed E-state index contributed by atoms with van der Waals surface area (Å²) < 4.78 is 5.22. The summed E-state index contributed by atoms with van der Waals surface area (Å²) >= 11 is 1.87. The molecule has 2 aliphatic rings. The lowest BCUT2D eigenvalue weighted by atomic mass is 9.96. The molecule has 3 heterocycles. The fourth-order valence-electron chi connectivity index (χ4n) is 4.82. The van der Waals surface area contributed by atoms with E-state index >= 15 is 0 Å². The van der Waals surface area contributed by atoms with Crippen molar-refractivity contribution >= 4 is 33.3 Å². The SMILES string of the molecule is CCC(C)c1nc(N2CCN(C(=O)c3ccc(OC)cc3)CC2)c2c3c(sc2n1)CCCC3. The van der Waals surface area contributed by atoms with Crippen LogP contribution in [0, 0.1) is 0 Å². The van der Waals surface area contributed by atoms with Crippen LogP contribution in [-0.2, 0) is 12.8 Å². The van der Waals surface area contributed by atoms with E-state index in [-0.39, 0.29) is 5.91 Å². The van der Waals surface area contributed by atoms with Gasteiger partial charge in [-0.25, -0.2) is 9.97 Å². The van der Waals surface area contributed by atoms with Gasteiger partial charge < -0.3 is 14.5 Å². The average molecular weight is 465 g/mol. The van der Waals surface area contributed by atoms with E-state index in [1.54, 1.807) is 7.11 Å². The van der Waals surface area contributed by atoms with Crippen LogP contribution in [0.25, 0.3) is 10.2 Å². The quantitative estimate of drug-likeness (QED) is 0.529. The first kappa shape index (κ1) is 22.1. The number of nitrogens with zero attached hydrogens (tertiary/aromatic N) is 4. The number of ether oxygens (including phenoxy) is 1. The van der Waals surface area contributed by atoms with E-state index < -0.39 is 0 Å². The lowest BCUT2D eigenvalue weighted by molar-refractivity contribution is 0.0746. The number of methoxy groups -OCH3 is 1. The second-order valence-electron chi connectivity index (χ2n) is 9.11. The topological polar surface area (TPSA) is 58.6 Å². The zero-order chi connectivity index (χ0) is 22.9. The Kier molecular flexibility index (Phi) is 6.23. The highest BCUT2D eigenvalue weighted by molar-refractivity contribution is 7.19. The van der Waals surface area contributed by atoms with Crippen LogP contribution in [-0.4, -0.2) is 54.1 Å². The molecule has 1 fully saturated rings. The van der Waals surface area contributed by atoms with Crippen LogP contribution in [0.5, 0.6) is 5.75 Å². The van der Waals surface area contributed by atoms with Crippen molar-refractivity contribution < 1.29 is 9.53 Å². The van der Waals surface area contributed by atoms with Crippen molar-refractivity contribution in [1.82, 2.24) is 14.9 Å². The molecule has 0 saturated carbocycles. The highest BCUT2D eigenvalue weighted by Gasteiger charge is 2.28. The van der Waals surface area contributed by atoms with Crippen LogP contribution in [0.2, 0.25) is 0 Å². The van der Waals surface area contributed by atoms with Gasteiger partial charge in [-0.3, -0.25) is 4.79 Å². The van der Waals surface area contributed by atoms with Gasteiger partial charge in [0.25, 0.3) is 5.91 Å². The lowest BCUT2D eigenvalue weighted by Gasteiger charge is -2.36. The molecule has 0 bridgehead atoms. The number of carbonyl (C=O) groups excluding carboxylic acids is 1. The first-order chi connectivity index (χ1) is 16.1. The number of rotatable bonds is 5. The van der Waals surface area contributed by atoms with Crippen molar-refractivity contribution in [3.05, 3.63) is 46.1 Å². The Labute approximate surface area is 199 Å². The monoisotopic (exact) mass is 464 g/mol. The van der Waals surface area contributed by atoms with Gasteiger partial charge in [0.1, 0.15) is 22.2 Å². The number of thiophene rings is 1. The summed E-state index contributed by atoms with van der Waals surface area (Å²) in [6.45, 7) is 7.38. The molecule has 1 unspecified atom stereocenters. The summed E-state index contributed by atoms with van der Waals surface area (Å²) in [4.78, 5) is 30.2. The summed E-state index contributed by atoms with van der Waals surface area (Å²) in [5.41, 5.74) is 2.18. The number of aryl methyl sites for hydroxylation is 2. The zero-order valence-electron chi connectivity index (χ0n) is 19.8. The summed E-state index contributed by atoms with van der Waals surface area (Å²) in [5, 5.41) is 1.27. The maximum absolute atomic E-state index is 13.0. The molecule has 1 saturated heterocycles. The molecule has 1 aliphatic carbocycles. The van der Waals surface area contributed by atoms with E-state index in [9.17, 15) is 4.79 Å². The third kappa shape index (κ3) is 4.19. The van der Waals surface area contributed by atoms with Crippen molar-refractivity contribution in [2.24, 2.45) is 0 Å². The summed E-state index contributed by atoms with van der Waals surface area (Å²) in [7, 11) is 1.64. The predicted octanol–water partition coefficient (Wildman–Crippen LogP) is 5.05. The highest BCUT2D eigenvalue weighted by Crippen LogP contribution is 2.40. The molecule has 3 aromatic rings. The molecule has 174 valence electrons. The molecule has 33 heavy (non-hydrogen) atoms. The van der Waals surface area contributed by atoms with Crippen LogP contribution in [0.15, 0.2) is 24.3 Å². The van der Waals surface area contributed by atoms with Crippen molar-refractivity contribution in [1.29, 1.82) is 0 Å². The number of benzene rings is 1. The van der Waals surface area contributed by atoms with E-state index in [2.05, 4.69) is 18.7 Å². The van der Waals surface area contributed by atoms with E-state index in [0.29, 0.717) is 24.6 Å². The molecule has 7 heteroatoms. The summed E-state index contributed by atoms with van der Waals surface area (Å²) in [6, 6.07) is 7.38. The van der Waals surface area contributed by atoms with Crippen LogP contribution < -0.4 is 9.64 Å². The standard InChI is InChI=1S/C26H32N4O2S/c1-4-17(2)23-27-24(22-20-7-5-6-8-21(20)33-25(22)28-23)29-13-15-30(16-14-29)26(31)18-9-11-19(32-3)12-10-18/h9-12,17H,4-8,13-16H2,1-3H3. The highest BCUT2D eigenvalue weighted by atomic mass is 32.1. The van der Waals surface area contributed by atoms with Gasteiger partial charge in [-0.05, 0) is 61.9 Å². The van der Waals surface area contributed by atoms with Gasteiger partial charge in [0.2, 0.25) is 0 Å². The van der Waals surface area contributed by atoms with Crippen LogP contribution in [0.4, 0.5) is 5.82 Å². The van der Waals surface area contributed by atoms with Crippen LogP contribution in [0.3, 0.4) is 0 Å². The molecule has 2 aromatic heterocycles. The van der Waals surface area contributed by atoms with Crippen molar-refractivity contribution in [3.63, 3.8) is 0 Å². The Morgan fingerprint density at radius 1 is 1.09 bits per heavy atom. The Morgan fingerprint density at radius 3 is 2.52 bits per heavy atom. The molecule has 6 nitrogen and oxygen atoms in total. The minimum atomic E-state index is 0.0818. The van der Waals surface area contributed by atoms with Crippen molar-refractivity contribution in [2.75, 3.05) is 38.2 Å². The number of hydrogen-bond donors (Lipinski definition) is 0. The van der Waals surface area contributed by atoms with Gasteiger partial charge in [-0.1, -0.05) is 13.8 Å². The van der Waals surface area contributed by atoms with Gasteiger partial charge in [-0.15, -0.1) is 11.3 Å². The van der Waals surface area contributed by atoms with E-state index in [4.69, 9.17) is 14.7 Å². The second kappa shape index (κ2) is 9.29. The number of aromatic nitrogens is 2. The van der Waals surface area contributed by atoms with Gasteiger partial charge >= 0.3 is 0 Å². The normalized spacial score (nSPS) is 17.2. The average Bonchev–Trinajstić information content (AvgIpc) is 3.26. The molecular formula is C26H32N4O2S. The largest absolute Gasteiger partial charge is 0.497 e. The maximum atomic E-state index is 13.0. The molecule has 5 rings (SSSR count). The van der Waals surface area contributed by atoms with Crippen LogP contribution >= 0.6 is 11.3 Å². The Bertz CT molecular complexity index is 1150. The number of amides is 1. The molecule has 1 aliphatic heterocycles. The molecule has 1 aromatic carbocycles. The number of piperazine rings is 1. The van der Waals surface area contributed by atoms with Gasteiger partial charge in [0.15, 0.2) is 0 Å². The van der Waals surface area contributed by atoms with Gasteiger partial charge in [0, 0.05) is 42.5 Å². The first-order valence-electron chi connectivity index (χ1n) is 12.1. The molecule has 1 amide bonds. The fourth-order valence-corrected chi connectivity index (χ4v) is 6.09. The fraction of sp³-hybridized carbons (Fsp3) is 0.500. The third-order valence-corrected chi connectivity index (χ3v) is 8.26. The molecule has 0 N–H and O–H groups in total. The van der Waals surface area contributed by atoms with E-state index in [0.717, 1.165) is 48.2 Å². The maximum Gasteiger partial charge on any atom is 0.253 e. The summed E-state index contributed by atoms with van der Waals surface area (Å²) in [6.07, 6.45) is 5.84. The zero-order valence-corrected chi connectivity index (χ0v) is 20.6. The number of carbonyl (C=O) groups is 1. The Hall–Kier alpha value is -2.67. The van der Waals surface area contributed by atoms with Crippen molar-refractivity contribution in [3.8, 4) is 5.75 Å². The molecule has 0 spiro atoms. The van der Waals surface area contributed by atoms with Gasteiger partial charge in [-0.2, -0.15) is 0 Å². The van der Waals surface area contributed by atoms with Gasteiger partial charge in [0.05, 0.1) is 12.5 Å². The minimum Gasteiger partial charge on any atom is -0.497 e. The first-order valence-corrected chi connectivity index (χ1v) is 12.9. The molecular weight excluding hydrogens is 432 g/mol. The predicted molar refractivity (Wildman–Crippen MR) is 134 cm³/mol. The third-order valence-electron chi connectivity index (χ3n) is 7.07. The lowest BCUT2D eigenvalue weighted by Crippen LogP contribution is -2.49. The van der Waals surface area contributed by atoms with E-state index in [1.807, 2.05) is 40.5 Å². The molecule has 1 atom stereocenters. The smallest absolute Gasteiger partial charge is 0.253 e. The minimum absolute atomic E-state index is 0.0818. The summed E-state index contributed by atoms with van der Waals surface area (Å²) in [5.74, 6) is 3.23. The second-order valence-corrected chi connectivity index (χ2v) is 10.2. The van der Waals surface area contributed by atoms with Crippen molar-refractivity contribution in [2.45, 2.75) is 51.9 Å². The Morgan fingerprint density at radius 2 is 1.82 bits per heavy atom. The molecule has 0 radical (unpaired) electrons.